The highest BCUT2D eigenvalue weighted by Crippen LogP contribution is 2.20. The Kier molecular flexibility index (Phi) is 6.16. The molecule has 122 valence electrons. The van der Waals surface area contributed by atoms with Gasteiger partial charge in [-0.1, -0.05) is 11.8 Å². The van der Waals surface area contributed by atoms with Crippen LogP contribution in [-0.2, 0) is 5.75 Å². The minimum Gasteiger partial charge on any atom is -0.497 e. The number of methoxy groups -OCH3 is 1. The number of halogens is 2. The predicted octanol–water partition coefficient (Wildman–Crippen LogP) is 3.51. The molecule has 0 bridgehead atoms. The largest absolute Gasteiger partial charge is 0.497 e. The number of nitrogens with zero attached hydrogens (tertiary/aromatic N) is 1. The van der Waals surface area contributed by atoms with Crippen LogP contribution in [0.4, 0.5) is 8.78 Å². The standard InChI is InChI=1S/C15H14F2N2O3S/c1-21-11-4-2-10(3-5-11)14(20)19-18-8-12-6-7-13(22-12)9-23-15(16)17/h2-8,15H,9H2,1H3,(H,19,20)/b18-8-. The first-order valence-corrected chi connectivity index (χ1v) is 7.59. The first-order valence-electron chi connectivity index (χ1n) is 6.54. The molecule has 0 radical (unpaired) electrons. The van der Waals surface area contributed by atoms with E-state index in [-0.39, 0.29) is 11.7 Å². The van der Waals surface area contributed by atoms with E-state index in [0.717, 1.165) is 0 Å². The van der Waals surface area contributed by atoms with Crippen LogP contribution in [0, 0.1) is 0 Å². The summed E-state index contributed by atoms with van der Waals surface area (Å²) >= 11 is 0.475. The van der Waals surface area contributed by atoms with Gasteiger partial charge in [-0.25, -0.2) is 5.43 Å². The van der Waals surface area contributed by atoms with Crippen LogP contribution in [0.1, 0.15) is 21.9 Å². The smallest absolute Gasteiger partial charge is 0.284 e. The molecule has 2 rings (SSSR count). The second-order valence-corrected chi connectivity index (χ2v) is 5.28. The summed E-state index contributed by atoms with van der Waals surface area (Å²) in [7, 11) is 1.54. The Morgan fingerprint density at radius 1 is 1.35 bits per heavy atom. The number of amides is 1. The molecule has 5 nitrogen and oxygen atoms in total. The molecule has 0 aliphatic rings. The maximum absolute atomic E-state index is 12.1. The molecule has 1 heterocycles. The predicted molar refractivity (Wildman–Crippen MR) is 84.1 cm³/mol. The zero-order chi connectivity index (χ0) is 16.7. The van der Waals surface area contributed by atoms with Gasteiger partial charge in [0.25, 0.3) is 11.7 Å². The van der Waals surface area contributed by atoms with Gasteiger partial charge >= 0.3 is 0 Å². The molecular weight excluding hydrogens is 326 g/mol. The lowest BCUT2D eigenvalue weighted by Crippen LogP contribution is -2.17. The number of nitrogens with one attached hydrogen (secondary N) is 1. The van der Waals surface area contributed by atoms with E-state index in [2.05, 4.69) is 10.5 Å². The summed E-state index contributed by atoms with van der Waals surface area (Å²) in [5.74, 6) is -1.33. The Hall–Kier alpha value is -2.35. The van der Waals surface area contributed by atoms with E-state index in [0.29, 0.717) is 34.6 Å². The zero-order valence-corrected chi connectivity index (χ0v) is 13.0. The van der Waals surface area contributed by atoms with Gasteiger partial charge in [-0.05, 0) is 36.4 Å². The van der Waals surface area contributed by atoms with Gasteiger partial charge < -0.3 is 9.15 Å². The number of ether oxygens (including phenoxy) is 1. The van der Waals surface area contributed by atoms with Gasteiger partial charge in [-0.3, -0.25) is 4.79 Å². The lowest BCUT2D eigenvalue weighted by atomic mass is 10.2. The monoisotopic (exact) mass is 340 g/mol. The second kappa shape index (κ2) is 8.33. The number of hydrogen-bond acceptors (Lipinski definition) is 5. The van der Waals surface area contributed by atoms with Gasteiger partial charge in [0.2, 0.25) is 0 Å². The van der Waals surface area contributed by atoms with Crippen LogP contribution in [0.3, 0.4) is 0 Å². The van der Waals surface area contributed by atoms with Crippen LogP contribution in [0.2, 0.25) is 0 Å². The van der Waals surface area contributed by atoms with Gasteiger partial charge in [0.15, 0.2) is 0 Å². The first kappa shape index (κ1) is 17.0. The number of rotatable bonds is 7. The van der Waals surface area contributed by atoms with E-state index < -0.39 is 5.76 Å². The third-order valence-electron chi connectivity index (χ3n) is 2.74. The molecule has 0 fully saturated rings. The number of thioether (sulfide) groups is 1. The fraction of sp³-hybridized carbons (Fsp3) is 0.200. The van der Waals surface area contributed by atoms with Gasteiger partial charge in [0.1, 0.15) is 17.3 Å². The highest BCUT2D eigenvalue weighted by atomic mass is 32.2. The molecule has 1 aromatic carbocycles. The van der Waals surface area contributed by atoms with Crippen molar-refractivity contribution in [3.63, 3.8) is 0 Å². The fourth-order valence-electron chi connectivity index (χ4n) is 1.65. The number of hydrogen-bond donors (Lipinski definition) is 1. The maximum Gasteiger partial charge on any atom is 0.284 e. The quantitative estimate of drug-likeness (QED) is 0.619. The van der Waals surface area contributed by atoms with E-state index in [9.17, 15) is 13.6 Å². The molecule has 0 spiro atoms. The van der Waals surface area contributed by atoms with Crippen LogP contribution in [0.25, 0.3) is 0 Å². The molecule has 0 atom stereocenters. The van der Waals surface area contributed by atoms with Gasteiger partial charge in [-0.15, -0.1) is 0 Å². The van der Waals surface area contributed by atoms with E-state index in [1.807, 2.05) is 0 Å². The normalized spacial score (nSPS) is 11.1. The second-order valence-electron chi connectivity index (χ2n) is 4.30. The summed E-state index contributed by atoms with van der Waals surface area (Å²) in [5, 5.41) is 3.76. The van der Waals surface area contributed by atoms with Crippen molar-refractivity contribution in [1.82, 2.24) is 5.43 Å². The Bertz CT molecular complexity index is 672. The summed E-state index contributed by atoms with van der Waals surface area (Å²) in [6.07, 6.45) is 1.30. The van der Waals surface area contributed by atoms with Crippen molar-refractivity contribution in [2.45, 2.75) is 11.5 Å². The van der Waals surface area contributed by atoms with E-state index in [4.69, 9.17) is 9.15 Å². The number of hydrazone groups is 1. The molecular formula is C15H14F2N2O3S. The Morgan fingerprint density at radius 3 is 2.74 bits per heavy atom. The molecule has 8 heteroatoms. The molecule has 23 heavy (non-hydrogen) atoms. The zero-order valence-electron chi connectivity index (χ0n) is 12.2. The van der Waals surface area contributed by atoms with Crippen molar-refractivity contribution in [2.75, 3.05) is 7.11 Å². The van der Waals surface area contributed by atoms with Crippen molar-refractivity contribution < 1.29 is 22.7 Å². The summed E-state index contributed by atoms with van der Waals surface area (Å²) < 4.78 is 34.4. The van der Waals surface area contributed by atoms with Crippen LogP contribution in [0.5, 0.6) is 5.75 Å². The Balaban J connectivity index is 1.86. The molecule has 0 aliphatic heterocycles. The summed E-state index contributed by atoms with van der Waals surface area (Å²) in [4.78, 5) is 11.8. The minimum absolute atomic E-state index is 0.0731. The van der Waals surface area contributed by atoms with Crippen LogP contribution in [0.15, 0.2) is 45.9 Å². The van der Waals surface area contributed by atoms with Crippen molar-refractivity contribution in [2.24, 2.45) is 5.10 Å². The minimum atomic E-state index is -2.44. The van der Waals surface area contributed by atoms with E-state index >= 15 is 0 Å². The molecule has 0 saturated carbocycles. The van der Waals surface area contributed by atoms with Crippen LogP contribution < -0.4 is 10.2 Å². The number of carbonyl (C=O) groups excluding carboxylic acids is 1. The van der Waals surface area contributed by atoms with Crippen molar-refractivity contribution in [3.8, 4) is 5.75 Å². The summed E-state index contributed by atoms with van der Waals surface area (Å²) in [5.41, 5.74) is 2.78. The maximum atomic E-state index is 12.1. The highest BCUT2D eigenvalue weighted by Gasteiger charge is 2.07. The Morgan fingerprint density at radius 2 is 2.09 bits per heavy atom. The summed E-state index contributed by atoms with van der Waals surface area (Å²) in [6.45, 7) is 0. The molecule has 0 unspecified atom stereocenters. The van der Waals surface area contributed by atoms with Crippen LogP contribution in [-0.4, -0.2) is 25.0 Å². The Labute approximate surface area is 135 Å². The van der Waals surface area contributed by atoms with Crippen molar-refractivity contribution in [3.05, 3.63) is 53.5 Å². The molecule has 0 saturated heterocycles. The number of alkyl halides is 2. The number of furan rings is 1. The average Bonchev–Trinajstić information content (AvgIpc) is 3.01. The van der Waals surface area contributed by atoms with Crippen molar-refractivity contribution >= 4 is 23.9 Å². The third kappa shape index (κ3) is 5.41. The molecule has 1 aromatic heterocycles. The van der Waals surface area contributed by atoms with Gasteiger partial charge in [-0.2, -0.15) is 13.9 Å². The van der Waals surface area contributed by atoms with Crippen molar-refractivity contribution in [1.29, 1.82) is 0 Å². The van der Waals surface area contributed by atoms with Crippen LogP contribution >= 0.6 is 11.8 Å². The molecule has 1 amide bonds. The average molecular weight is 340 g/mol. The van der Waals surface area contributed by atoms with E-state index in [1.165, 1.54) is 13.3 Å². The van der Waals surface area contributed by atoms with Gasteiger partial charge in [0, 0.05) is 5.56 Å². The van der Waals surface area contributed by atoms with Gasteiger partial charge in [0.05, 0.1) is 19.1 Å². The lowest BCUT2D eigenvalue weighted by Gasteiger charge is -2.01. The SMILES string of the molecule is COc1ccc(C(=O)N/N=C\c2ccc(CSC(F)F)o2)cc1. The number of carbonyl (C=O) groups is 1. The summed E-state index contributed by atoms with van der Waals surface area (Å²) in [6, 6.07) is 9.72. The first-order chi connectivity index (χ1) is 11.1. The topological polar surface area (TPSA) is 63.8 Å². The lowest BCUT2D eigenvalue weighted by molar-refractivity contribution is 0.0955. The molecule has 2 aromatic rings. The molecule has 0 aliphatic carbocycles. The number of benzene rings is 1. The van der Waals surface area contributed by atoms with E-state index in [1.54, 1.807) is 36.4 Å². The fourth-order valence-corrected chi connectivity index (χ4v) is 2.09. The molecule has 1 N–H and O–H groups in total. The third-order valence-corrected chi connectivity index (χ3v) is 3.45. The highest BCUT2D eigenvalue weighted by molar-refractivity contribution is 7.98.